The summed E-state index contributed by atoms with van der Waals surface area (Å²) in [7, 11) is 1.26. The minimum absolute atomic E-state index is 0.0251. The molecule has 0 spiro atoms. The van der Waals surface area contributed by atoms with Crippen molar-refractivity contribution in [3.05, 3.63) is 64.2 Å². The average molecular weight is 493 g/mol. The number of carbonyl (C=O) groups excluding carboxylic acids is 2. The molecule has 1 heterocycles. The number of aromatic nitrogens is 1. The lowest BCUT2D eigenvalue weighted by molar-refractivity contribution is -0.137. The average Bonchev–Trinajstić information content (AvgIpc) is 2.82. The van der Waals surface area contributed by atoms with Gasteiger partial charge in [0, 0.05) is 28.4 Å². The minimum atomic E-state index is -1.15. The van der Waals surface area contributed by atoms with Crippen molar-refractivity contribution in [2.75, 3.05) is 17.8 Å². The molecule has 33 heavy (non-hydrogen) atoms. The van der Waals surface area contributed by atoms with Crippen LogP contribution in [-0.2, 0) is 25.7 Å². The predicted octanol–water partition coefficient (Wildman–Crippen LogP) is 4.63. The molecule has 1 aliphatic rings. The number of rotatable bonds is 8. The Morgan fingerprint density at radius 2 is 1.97 bits per heavy atom. The second-order valence-corrected chi connectivity index (χ2v) is 8.75. The zero-order chi connectivity index (χ0) is 24.0. The van der Waals surface area contributed by atoms with Crippen LogP contribution in [0.1, 0.15) is 31.2 Å². The number of pyridine rings is 1. The SMILES string of the molecule is COC(=O)CSc1cc(N(Cc2cccnc2)C(=O)C2=C(C(=O)O)CCCC2)c(F)cc1Cl. The molecule has 0 fully saturated rings. The van der Waals surface area contributed by atoms with E-state index in [0.29, 0.717) is 29.7 Å². The van der Waals surface area contributed by atoms with Crippen molar-refractivity contribution in [2.45, 2.75) is 37.1 Å². The Morgan fingerprint density at radius 3 is 2.61 bits per heavy atom. The molecule has 0 atom stereocenters. The molecule has 174 valence electrons. The predicted molar refractivity (Wildman–Crippen MR) is 123 cm³/mol. The second-order valence-electron chi connectivity index (χ2n) is 7.32. The molecular formula is C23H22ClFN2O5S. The zero-order valence-corrected chi connectivity index (χ0v) is 19.4. The summed E-state index contributed by atoms with van der Waals surface area (Å²) in [6.45, 7) is -0.0251. The first-order chi connectivity index (χ1) is 15.8. The summed E-state index contributed by atoms with van der Waals surface area (Å²) in [6.07, 6.45) is 5.04. The van der Waals surface area contributed by atoms with Gasteiger partial charge in [-0.3, -0.25) is 14.6 Å². The summed E-state index contributed by atoms with van der Waals surface area (Å²) in [5, 5.41) is 9.69. The van der Waals surface area contributed by atoms with Crippen LogP contribution in [0.4, 0.5) is 10.1 Å². The normalized spacial score (nSPS) is 13.5. The molecule has 1 aromatic carbocycles. The van der Waals surface area contributed by atoms with E-state index in [9.17, 15) is 19.5 Å². The number of esters is 1. The first-order valence-electron chi connectivity index (χ1n) is 10.2. The van der Waals surface area contributed by atoms with Gasteiger partial charge in [0.2, 0.25) is 0 Å². The van der Waals surface area contributed by atoms with Crippen LogP contribution in [0.15, 0.2) is 52.7 Å². The van der Waals surface area contributed by atoms with Gasteiger partial charge in [0.25, 0.3) is 5.91 Å². The molecule has 3 rings (SSSR count). The van der Waals surface area contributed by atoms with E-state index in [-0.39, 0.29) is 40.6 Å². The number of benzene rings is 1. The third-order valence-electron chi connectivity index (χ3n) is 5.16. The summed E-state index contributed by atoms with van der Waals surface area (Å²) < 4.78 is 19.7. The molecular weight excluding hydrogens is 471 g/mol. The monoisotopic (exact) mass is 492 g/mol. The Hall–Kier alpha value is -2.91. The first-order valence-corrected chi connectivity index (χ1v) is 11.5. The number of carbonyl (C=O) groups is 3. The number of thioether (sulfide) groups is 1. The Bertz CT molecular complexity index is 1090. The number of carboxylic acid groups (broad SMARTS) is 1. The van der Waals surface area contributed by atoms with Crippen molar-refractivity contribution in [3.8, 4) is 0 Å². The van der Waals surface area contributed by atoms with E-state index in [4.69, 9.17) is 11.6 Å². The standard InChI is InChI=1S/C23H22ClFN2O5S/c1-32-21(28)13-33-20-10-19(18(25)9-17(20)24)27(12-14-5-4-8-26-11-14)22(29)15-6-2-3-7-16(15)23(30)31/h4-5,8-11H,2-3,6-7,12-13H2,1H3,(H,30,31). The Labute approximate surface area is 199 Å². The lowest BCUT2D eigenvalue weighted by atomic mass is 9.90. The van der Waals surface area contributed by atoms with Gasteiger partial charge >= 0.3 is 11.9 Å². The van der Waals surface area contributed by atoms with E-state index >= 15 is 4.39 Å². The molecule has 1 N–H and O–H groups in total. The lowest BCUT2D eigenvalue weighted by Crippen LogP contribution is -2.34. The third kappa shape index (κ3) is 6.11. The number of anilines is 1. The fourth-order valence-corrected chi connectivity index (χ4v) is 4.61. The highest BCUT2D eigenvalue weighted by molar-refractivity contribution is 8.00. The second kappa shape index (κ2) is 11.3. The number of methoxy groups -OCH3 is 1. The first kappa shape index (κ1) is 24.7. The number of aliphatic carboxylic acids is 1. The highest BCUT2D eigenvalue weighted by Crippen LogP contribution is 2.36. The number of carboxylic acids is 1. The molecule has 0 radical (unpaired) electrons. The van der Waals surface area contributed by atoms with Gasteiger partial charge in [0.15, 0.2) is 0 Å². The molecule has 1 aromatic heterocycles. The number of nitrogens with zero attached hydrogens (tertiary/aromatic N) is 2. The Balaban J connectivity index is 2.07. The van der Waals surface area contributed by atoms with Crippen LogP contribution in [-0.4, -0.2) is 40.8 Å². The zero-order valence-electron chi connectivity index (χ0n) is 17.8. The van der Waals surface area contributed by atoms with Crippen LogP contribution >= 0.6 is 23.4 Å². The van der Waals surface area contributed by atoms with Crippen molar-refractivity contribution < 1.29 is 28.6 Å². The van der Waals surface area contributed by atoms with E-state index in [1.807, 2.05) is 0 Å². The number of hydrogen-bond donors (Lipinski definition) is 1. The van der Waals surface area contributed by atoms with Gasteiger partial charge in [-0.1, -0.05) is 17.7 Å². The van der Waals surface area contributed by atoms with Gasteiger partial charge in [-0.25, -0.2) is 9.18 Å². The number of hydrogen-bond acceptors (Lipinski definition) is 6. The molecule has 0 unspecified atom stereocenters. The highest BCUT2D eigenvalue weighted by atomic mass is 35.5. The van der Waals surface area contributed by atoms with Crippen LogP contribution in [0.5, 0.6) is 0 Å². The lowest BCUT2D eigenvalue weighted by Gasteiger charge is -2.27. The fourth-order valence-electron chi connectivity index (χ4n) is 3.51. The Kier molecular flexibility index (Phi) is 8.46. The maximum atomic E-state index is 15.1. The van der Waals surface area contributed by atoms with Crippen molar-refractivity contribution in [1.29, 1.82) is 0 Å². The highest BCUT2D eigenvalue weighted by Gasteiger charge is 2.30. The smallest absolute Gasteiger partial charge is 0.332 e. The summed E-state index contributed by atoms with van der Waals surface area (Å²) in [5.74, 6) is -3.00. The van der Waals surface area contributed by atoms with Crippen LogP contribution in [0.25, 0.3) is 0 Å². The van der Waals surface area contributed by atoms with Crippen LogP contribution < -0.4 is 4.90 Å². The summed E-state index contributed by atoms with van der Waals surface area (Å²) in [4.78, 5) is 42.5. The molecule has 10 heteroatoms. The van der Waals surface area contributed by atoms with Crippen molar-refractivity contribution in [1.82, 2.24) is 4.98 Å². The van der Waals surface area contributed by atoms with Crippen molar-refractivity contribution >= 4 is 46.9 Å². The number of halogens is 2. The molecule has 0 saturated heterocycles. The van der Waals surface area contributed by atoms with Gasteiger partial charge in [-0.05, 0) is 49.4 Å². The van der Waals surface area contributed by atoms with Gasteiger partial charge in [-0.2, -0.15) is 0 Å². The maximum absolute atomic E-state index is 15.1. The number of ether oxygens (including phenoxy) is 1. The van der Waals surface area contributed by atoms with Gasteiger partial charge < -0.3 is 14.7 Å². The third-order valence-corrected chi connectivity index (χ3v) is 6.61. The fraction of sp³-hybridized carbons (Fsp3) is 0.304. The number of amides is 1. The van der Waals surface area contributed by atoms with E-state index in [1.165, 1.54) is 18.1 Å². The van der Waals surface area contributed by atoms with Crippen molar-refractivity contribution in [2.24, 2.45) is 0 Å². The molecule has 1 aliphatic carbocycles. The van der Waals surface area contributed by atoms with Crippen molar-refractivity contribution in [3.63, 3.8) is 0 Å². The van der Waals surface area contributed by atoms with E-state index in [2.05, 4.69) is 9.72 Å². The molecule has 2 aromatic rings. The summed E-state index contributed by atoms with van der Waals surface area (Å²) in [5.41, 5.74) is 0.786. The molecule has 0 saturated carbocycles. The Morgan fingerprint density at radius 1 is 1.24 bits per heavy atom. The van der Waals surface area contributed by atoms with Crippen LogP contribution in [0.3, 0.4) is 0 Å². The van der Waals surface area contributed by atoms with E-state index in [1.54, 1.807) is 24.5 Å². The van der Waals surface area contributed by atoms with Gasteiger partial charge in [0.05, 0.1) is 30.1 Å². The molecule has 1 amide bonds. The maximum Gasteiger partial charge on any atom is 0.332 e. The topological polar surface area (TPSA) is 96.8 Å². The van der Waals surface area contributed by atoms with E-state index in [0.717, 1.165) is 17.8 Å². The quantitative estimate of drug-likeness (QED) is 0.424. The minimum Gasteiger partial charge on any atom is -0.478 e. The van der Waals surface area contributed by atoms with Gasteiger partial charge in [0.1, 0.15) is 5.82 Å². The van der Waals surface area contributed by atoms with Crippen LogP contribution in [0, 0.1) is 5.82 Å². The summed E-state index contributed by atoms with van der Waals surface area (Å²) in [6, 6.07) is 5.90. The van der Waals surface area contributed by atoms with E-state index < -0.39 is 23.7 Å². The molecule has 0 aliphatic heterocycles. The largest absolute Gasteiger partial charge is 0.478 e. The molecule has 7 nitrogen and oxygen atoms in total. The van der Waals surface area contributed by atoms with Gasteiger partial charge in [-0.15, -0.1) is 11.8 Å². The molecule has 0 bridgehead atoms. The summed E-state index contributed by atoms with van der Waals surface area (Å²) >= 11 is 7.22. The van der Waals surface area contributed by atoms with Crippen LogP contribution in [0.2, 0.25) is 5.02 Å².